The summed E-state index contributed by atoms with van der Waals surface area (Å²) in [5.41, 5.74) is 1.36. The topological polar surface area (TPSA) is 54.5 Å². The van der Waals surface area contributed by atoms with Crippen LogP contribution in [0.4, 0.5) is 5.69 Å². The number of benzene rings is 2. The molecule has 1 amide bonds. The molecule has 0 bridgehead atoms. The second-order valence-corrected chi connectivity index (χ2v) is 7.49. The van der Waals surface area contributed by atoms with Crippen LogP contribution in [0.25, 0.3) is 0 Å². The lowest BCUT2D eigenvalue weighted by Crippen LogP contribution is -2.39. The molecule has 0 fully saturated rings. The monoisotopic (exact) mass is 317 g/mol. The van der Waals surface area contributed by atoms with E-state index in [9.17, 15) is 13.2 Å². The Balaban J connectivity index is 2.16. The molecule has 1 atom stereocenters. The largest absolute Gasteiger partial charge is 0.314 e. The van der Waals surface area contributed by atoms with E-state index < -0.39 is 21.0 Å². The molecule has 0 radical (unpaired) electrons. The lowest BCUT2D eigenvalue weighted by atomic mass is 10.2. The molecule has 0 unspecified atom stereocenters. The minimum atomic E-state index is -3.56. The highest BCUT2D eigenvalue weighted by Gasteiger charge is 2.30. The molecule has 0 aliphatic heterocycles. The number of carbonyl (C=O) groups is 1. The van der Waals surface area contributed by atoms with Crippen LogP contribution in [0.5, 0.6) is 0 Å². The number of hydrogen-bond donors (Lipinski definition) is 0. The van der Waals surface area contributed by atoms with Gasteiger partial charge in [0, 0.05) is 12.7 Å². The summed E-state index contributed by atoms with van der Waals surface area (Å²) in [6, 6.07) is 17.9. The molecule has 2 aromatic carbocycles. The van der Waals surface area contributed by atoms with Crippen LogP contribution in [-0.4, -0.2) is 26.6 Å². The fourth-order valence-electron chi connectivity index (χ4n) is 2.14. The fraction of sp³-hybridized carbons (Fsp3) is 0.235. The van der Waals surface area contributed by atoms with Gasteiger partial charge in [0.15, 0.2) is 9.84 Å². The van der Waals surface area contributed by atoms with Gasteiger partial charge in [-0.25, -0.2) is 8.42 Å². The molecule has 2 rings (SSSR count). The molecular formula is C17H19NO3S. The number of carbonyl (C=O) groups excluding carboxylic acids is 1. The Morgan fingerprint density at radius 1 is 1.00 bits per heavy atom. The smallest absolute Gasteiger partial charge is 0.244 e. The minimum absolute atomic E-state index is 0.136. The van der Waals surface area contributed by atoms with Crippen molar-refractivity contribution in [2.24, 2.45) is 0 Å². The highest BCUT2D eigenvalue weighted by molar-refractivity contribution is 7.92. The van der Waals surface area contributed by atoms with Gasteiger partial charge >= 0.3 is 0 Å². The Hall–Kier alpha value is -2.14. The van der Waals surface area contributed by atoms with E-state index >= 15 is 0 Å². The number of sulfone groups is 1. The van der Waals surface area contributed by atoms with Crippen LogP contribution in [0.2, 0.25) is 0 Å². The van der Waals surface area contributed by atoms with Gasteiger partial charge in [-0.15, -0.1) is 0 Å². The van der Waals surface area contributed by atoms with Crippen molar-refractivity contribution in [2.75, 3.05) is 11.9 Å². The lowest BCUT2D eigenvalue weighted by Gasteiger charge is -2.21. The number of amides is 1. The van der Waals surface area contributed by atoms with Gasteiger partial charge in [0.05, 0.1) is 5.75 Å². The summed E-state index contributed by atoms with van der Waals surface area (Å²) in [5, 5.41) is -1.09. The number of anilines is 1. The van der Waals surface area contributed by atoms with Crippen molar-refractivity contribution in [1.29, 1.82) is 0 Å². The first-order chi connectivity index (χ1) is 10.4. The zero-order chi connectivity index (χ0) is 16.2. The normalized spacial score (nSPS) is 12.6. The molecule has 0 heterocycles. The van der Waals surface area contributed by atoms with Crippen LogP contribution in [0.3, 0.4) is 0 Å². The first-order valence-corrected chi connectivity index (χ1v) is 8.71. The molecule has 0 saturated heterocycles. The summed E-state index contributed by atoms with van der Waals surface area (Å²) in [5.74, 6) is -0.564. The van der Waals surface area contributed by atoms with Gasteiger partial charge in [0.25, 0.3) is 0 Å². The van der Waals surface area contributed by atoms with Gasteiger partial charge in [0.1, 0.15) is 5.25 Å². The van der Waals surface area contributed by atoms with Gasteiger partial charge in [0.2, 0.25) is 5.91 Å². The molecule has 0 aliphatic carbocycles. The third-order valence-electron chi connectivity index (χ3n) is 3.57. The average Bonchev–Trinajstić information content (AvgIpc) is 2.54. The highest BCUT2D eigenvalue weighted by Crippen LogP contribution is 2.17. The predicted molar refractivity (Wildman–Crippen MR) is 88.4 cm³/mol. The van der Waals surface area contributed by atoms with E-state index in [4.69, 9.17) is 0 Å². The zero-order valence-electron chi connectivity index (χ0n) is 12.6. The van der Waals surface area contributed by atoms with E-state index in [0.717, 1.165) is 0 Å². The van der Waals surface area contributed by atoms with E-state index in [1.165, 1.54) is 11.8 Å². The Morgan fingerprint density at radius 2 is 1.50 bits per heavy atom. The van der Waals surface area contributed by atoms with Gasteiger partial charge in [-0.05, 0) is 24.6 Å². The maximum absolute atomic E-state index is 12.4. The Morgan fingerprint density at radius 3 is 2.05 bits per heavy atom. The predicted octanol–water partition coefficient (Wildman–Crippen LogP) is 2.65. The van der Waals surface area contributed by atoms with E-state index in [1.54, 1.807) is 43.4 Å². The first kappa shape index (κ1) is 16.2. The SMILES string of the molecule is C[C@@H](C(=O)N(C)c1ccccc1)S(=O)(=O)Cc1ccccc1. The Kier molecular flexibility index (Phi) is 4.98. The van der Waals surface area contributed by atoms with Crippen LogP contribution in [0.15, 0.2) is 60.7 Å². The summed E-state index contributed by atoms with van der Waals surface area (Å²) in [7, 11) is -1.97. The summed E-state index contributed by atoms with van der Waals surface area (Å²) >= 11 is 0. The van der Waals surface area contributed by atoms with E-state index in [0.29, 0.717) is 11.3 Å². The highest BCUT2D eigenvalue weighted by atomic mass is 32.2. The van der Waals surface area contributed by atoms with Crippen LogP contribution in [0, 0.1) is 0 Å². The number of rotatable bonds is 5. The summed E-state index contributed by atoms with van der Waals surface area (Å²) < 4.78 is 24.9. The van der Waals surface area contributed by atoms with Crippen molar-refractivity contribution in [3.8, 4) is 0 Å². The molecule has 116 valence electrons. The fourth-order valence-corrected chi connectivity index (χ4v) is 3.51. The molecule has 0 saturated carbocycles. The third-order valence-corrected chi connectivity index (χ3v) is 5.59. The number of nitrogens with zero attached hydrogens (tertiary/aromatic N) is 1. The Bertz CT molecular complexity index is 727. The molecule has 22 heavy (non-hydrogen) atoms. The molecular weight excluding hydrogens is 298 g/mol. The van der Waals surface area contributed by atoms with Crippen molar-refractivity contribution in [3.05, 3.63) is 66.2 Å². The second-order valence-electron chi connectivity index (χ2n) is 5.17. The third kappa shape index (κ3) is 3.74. The van der Waals surface area contributed by atoms with Crippen molar-refractivity contribution in [2.45, 2.75) is 17.9 Å². The molecule has 0 N–H and O–H groups in total. The van der Waals surface area contributed by atoms with Crippen LogP contribution < -0.4 is 4.90 Å². The first-order valence-electron chi connectivity index (χ1n) is 7.00. The van der Waals surface area contributed by atoms with Crippen molar-refractivity contribution in [1.82, 2.24) is 0 Å². The molecule has 4 nitrogen and oxygen atoms in total. The van der Waals surface area contributed by atoms with Crippen LogP contribution in [-0.2, 0) is 20.4 Å². The van der Waals surface area contributed by atoms with Crippen molar-refractivity contribution < 1.29 is 13.2 Å². The summed E-state index contributed by atoms with van der Waals surface area (Å²) in [6.45, 7) is 1.44. The molecule has 0 aliphatic rings. The standard InChI is InChI=1S/C17H19NO3S/c1-14(17(19)18(2)16-11-7-4-8-12-16)22(20,21)13-15-9-5-3-6-10-15/h3-12,14H,13H2,1-2H3/t14-/m0/s1. The molecule has 2 aromatic rings. The molecule has 5 heteroatoms. The van der Waals surface area contributed by atoms with Crippen LogP contribution in [0.1, 0.15) is 12.5 Å². The second kappa shape index (κ2) is 6.75. The number of hydrogen-bond acceptors (Lipinski definition) is 3. The quantitative estimate of drug-likeness (QED) is 0.852. The summed E-state index contributed by atoms with van der Waals surface area (Å²) in [6.07, 6.45) is 0. The minimum Gasteiger partial charge on any atom is -0.314 e. The maximum Gasteiger partial charge on any atom is 0.244 e. The van der Waals surface area contributed by atoms with Crippen molar-refractivity contribution in [3.63, 3.8) is 0 Å². The molecule has 0 spiro atoms. The van der Waals surface area contributed by atoms with Crippen molar-refractivity contribution >= 4 is 21.4 Å². The van der Waals surface area contributed by atoms with E-state index in [2.05, 4.69) is 0 Å². The van der Waals surface area contributed by atoms with E-state index in [1.807, 2.05) is 24.3 Å². The molecule has 0 aromatic heterocycles. The van der Waals surface area contributed by atoms with Gasteiger partial charge in [-0.2, -0.15) is 0 Å². The maximum atomic E-state index is 12.4. The van der Waals surface area contributed by atoms with Gasteiger partial charge in [-0.1, -0.05) is 48.5 Å². The lowest BCUT2D eigenvalue weighted by molar-refractivity contribution is -0.117. The van der Waals surface area contributed by atoms with Crippen LogP contribution >= 0.6 is 0 Å². The Labute approximate surface area is 131 Å². The summed E-state index contributed by atoms with van der Waals surface area (Å²) in [4.78, 5) is 13.8. The van der Waals surface area contributed by atoms with E-state index in [-0.39, 0.29) is 5.75 Å². The van der Waals surface area contributed by atoms with Gasteiger partial charge < -0.3 is 4.90 Å². The number of para-hydroxylation sites is 1. The zero-order valence-corrected chi connectivity index (χ0v) is 13.5. The average molecular weight is 317 g/mol. The van der Waals surface area contributed by atoms with Gasteiger partial charge in [-0.3, -0.25) is 4.79 Å².